The van der Waals surface area contributed by atoms with Crippen LogP contribution in [0.1, 0.15) is 78.6 Å². The Hall–Kier alpha value is -0.300. The zero-order valence-electron chi connectivity index (χ0n) is 14.8. The number of fused-ring (bicyclic) bond motifs is 5. The Morgan fingerprint density at radius 1 is 1.09 bits per heavy atom. The van der Waals surface area contributed by atoms with Crippen LogP contribution >= 0.6 is 0 Å². The highest BCUT2D eigenvalue weighted by molar-refractivity contribution is 5.23. The summed E-state index contributed by atoms with van der Waals surface area (Å²) in [6, 6.07) is 0. The SMILES string of the molecule is C[C@H](O)[C@H]1CC[C@H]2[C@@H]3CCC4=CCCC[C@]4(C)[C@H]3CC[C@]12C. The zero-order chi connectivity index (χ0) is 15.5. The lowest BCUT2D eigenvalue weighted by molar-refractivity contribution is -0.0697. The Bertz CT molecular complexity index is 478. The summed E-state index contributed by atoms with van der Waals surface area (Å²) < 4.78 is 0. The van der Waals surface area contributed by atoms with Crippen molar-refractivity contribution in [3.05, 3.63) is 11.6 Å². The maximum Gasteiger partial charge on any atom is 0.0545 e. The van der Waals surface area contributed by atoms with E-state index in [2.05, 4.69) is 19.9 Å². The molecule has 4 aliphatic rings. The van der Waals surface area contributed by atoms with Crippen molar-refractivity contribution in [2.45, 2.75) is 84.7 Å². The molecule has 1 heteroatoms. The van der Waals surface area contributed by atoms with Crippen LogP contribution in [0.2, 0.25) is 0 Å². The van der Waals surface area contributed by atoms with Crippen LogP contribution in [0, 0.1) is 34.5 Å². The van der Waals surface area contributed by atoms with E-state index in [0.29, 0.717) is 16.7 Å². The number of rotatable bonds is 1. The van der Waals surface area contributed by atoms with Gasteiger partial charge >= 0.3 is 0 Å². The molecule has 4 aliphatic carbocycles. The molecule has 0 aromatic heterocycles. The van der Waals surface area contributed by atoms with Gasteiger partial charge in [0.2, 0.25) is 0 Å². The molecule has 0 saturated heterocycles. The van der Waals surface area contributed by atoms with Crippen molar-refractivity contribution in [1.29, 1.82) is 0 Å². The molecule has 1 N–H and O–H groups in total. The van der Waals surface area contributed by atoms with Gasteiger partial charge in [-0.05, 0) is 99.2 Å². The average molecular weight is 303 g/mol. The Morgan fingerprint density at radius 2 is 1.91 bits per heavy atom. The van der Waals surface area contributed by atoms with Crippen molar-refractivity contribution in [2.75, 3.05) is 0 Å². The Morgan fingerprint density at radius 3 is 2.68 bits per heavy atom. The smallest absolute Gasteiger partial charge is 0.0545 e. The van der Waals surface area contributed by atoms with Crippen LogP contribution < -0.4 is 0 Å². The number of aliphatic hydroxyl groups excluding tert-OH is 1. The van der Waals surface area contributed by atoms with Crippen LogP contribution in [0.3, 0.4) is 0 Å². The van der Waals surface area contributed by atoms with E-state index in [1.165, 1.54) is 57.8 Å². The van der Waals surface area contributed by atoms with Crippen molar-refractivity contribution >= 4 is 0 Å². The molecule has 0 aliphatic heterocycles. The van der Waals surface area contributed by atoms with Gasteiger partial charge in [-0.3, -0.25) is 0 Å². The highest BCUT2D eigenvalue weighted by Gasteiger charge is 2.59. The second-order valence-electron chi connectivity index (χ2n) is 9.42. The van der Waals surface area contributed by atoms with Gasteiger partial charge in [-0.2, -0.15) is 0 Å². The van der Waals surface area contributed by atoms with Gasteiger partial charge in [0.1, 0.15) is 0 Å². The Kier molecular flexibility index (Phi) is 3.53. The maximum absolute atomic E-state index is 10.3. The lowest BCUT2D eigenvalue weighted by atomic mass is 9.47. The van der Waals surface area contributed by atoms with E-state index in [9.17, 15) is 5.11 Å². The van der Waals surface area contributed by atoms with Crippen LogP contribution in [0.5, 0.6) is 0 Å². The maximum atomic E-state index is 10.3. The van der Waals surface area contributed by atoms with Gasteiger partial charge in [0.15, 0.2) is 0 Å². The molecule has 0 aromatic carbocycles. The molecule has 124 valence electrons. The van der Waals surface area contributed by atoms with E-state index in [1.807, 2.05) is 12.5 Å². The average Bonchev–Trinajstić information content (AvgIpc) is 2.84. The minimum atomic E-state index is -0.115. The van der Waals surface area contributed by atoms with Crippen LogP contribution in [0.25, 0.3) is 0 Å². The van der Waals surface area contributed by atoms with Gasteiger partial charge in [-0.15, -0.1) is 0 Å². The minimum absolute atomic E-state index is 0.115. The molecule has 3 saturated carbocycles. The molecule has 1 nitrogen and oxygen atoms in total. The van der Waals surface area contributed by atoms with E-state index >= 15 is 0 Å². The molecule has 0 unspecified atom stereocenters. The summed E-state index contributed by atoms with van der Waals surface area (Å²) in [7, 11) is 0. The van der Waals surface area contributed by atoms with Gasteiger partial charge in [-0.1, -0.05) is 25.5 Å². The molecule has 0 heterocycles. The number of aliphatic hydroxyl groups is 1. The summed E-state index contributed by atoms with van der Waals surface area (Å²) in [6.07, 6.45) is 14.9. The molecule has 0 amide bonds. The van der Waals surface area contributed by atoms with Crippen LogP contribution in [0.15, 0.2) is 11.6 Å². The normalized spacial score (nSPS) is 52.3. The highest BCUT2D eigenvalue weighted by Crippen LogP contribution is 2.67. The summed E-state index contributed by atoms with van der Waals surface area (Å²) >= 11 is 0. The van der Waals surface area contributed by atoms with E-state index in [-0.39, 0.29) is 6.10 Å². The van der Waals surface area contributed by atoms with Gasteiger partial charge in [0.05, 0.1) is 6.10 Å². The zero-order valence-corrected chi connectivity index (χ0v) is 14.8. The summed E-state index contributed by atoms with van der Waals surface area (Å²) in [4.78, 5) is 0. The lowest BCUT2D eigenvalue weighted by Gasteiger charge is -2.58. The Balaban J connectivity index is 1.65. The molecule has 0 radical (unpaired) electrons. The fourth-order valence-electron chi connectivity index (χ4n) is 7.59. The van der Waals surface area contributed by atoms with E-state index in [1.54, 1.807) is 0 Å². The fourth-order valence-corrected chi connectivity index (χ4v) is 7.59. The second-order valence-corrected chi connectivity index (χ2v) is 9.42. The third-order valence-corrected chi connectivity index (χ3v) is 8.68. The van der Waals surface area contributed by atoms with E-state index < -0.39 is 0 Å². The highest BCUT2D eigenvalue weighted by atomic mass is 16.3. The minimum Gasteiger partial charge on any atom is -0.393 e. The lowest BCUT2D eigenvalue weighted by Crippen LogP contribution is -2.50. The van der Waals surface area contributed by atoms with Crippen LogP contribution in [-0.4, -0.2) is 11.2 Å². The van der Waals surface area contributed by atoms with Gasteiger partial charge in [-0.25, -0.2) is 0 Å². The van der Waals surface area contributed by atoms with Gasteiger partial charge < -0.3 is 5.11 Å². The molecule has 22 heavy (non-hydrogen) atoms. The monoisotopic (exact) mass is 302 g/mol. The molecule has 3 fully saturated rings. The Labute approximate surface area is 136 Å². The van der Waals surface area contributed by atoms with E-state index in [0.717, 1.165) is 17.8 Å². The third-order valence-electron chi connectivity index (χ3n) is 8.68. The molecule has 4 rings (SSSR count). The first-order valence-corrected chi connectivity index (χ1v) is 9.84. The van der Waals surface area contributed by atoms with E-state index in [4.69, 9.17) is 0 Å². The first-order valence-electron chi connectivity index (χ1n) is 9.84. The van der Waals surface area contributed by atoms with Gasteiger partial charge in [0, 0.05) is 0 Å². The summed E-state index contributed by atoms with van der Waals surface area (Å²) in [5, 5.41) is 10.3. The summed E-state index contributed by atoms with van der Waals surface area (Å²) in [6.45, 7) is 7.15. The standard InChI is InChI=1S/C21H34O/c1-14(22)17-9-10-18-16-8-7-15-6-4-5-12-20(15,2)19(16)11-13-21(17,18)3/h6,14,16-19,22H,4-5,7-13H2,1-3H3/t14-,16-,17+,18-,19-,20-,21+/m0/s1. The first kappa shape index (κ1) is 15.2. The van der Waals surface area contributed by atoms with Crippen LogP contribution in [0.4, 0.5) is 0 Å². The summed E-state index contributed by atoms with van der Waals surface area (Å²) in [5.41, 5.74) is 2.75. The number of hydrogen-bond acceptors (Lipinski definition) is 1. The topological polar surface area (TPSA) is 20.2 Å². The van der Waals surface area contributed by atoms with Crippen molar-refractivity contribution in [2.24, 2.45) is 34.5 Å². The van der Waals surface area contributed by atoms with Gasteiger partial charge in [0.25, 0.3) is 0 Å². The molecule has 0 bridgehead atoms. The van der Waals surface area contributed by atoms with Crippen molar-refractivity contribution in [3.63, 3.8) is 0 Å². The first-order chi connectivity index (χ1) is 10.5. The third kappa shape index (κ3) is 1.93. The predicted molar refractivity (Wildman–Crippen MR) is 91.5 cm³/mol. The predicted octanol–water partition coefficient (Wildman–Crippen LogP) is 5.34. The number of hydrogen-bond donors (Lipinski definition) is 1. The quantitative estimate of drug-likeness (QED) is 0.648. The molecule has 0 aromatic rings. The van der Waals surface area contributed by atoms with Crippen LogP contribution in [-0.2, 0) is 0 Å². The number of allylic oxidation sites excluding steroid dienone is 2. The molecule has 7 atom stereocenters. The fraction of sp³-hybridized carbons (Fsp3) is 0.905. The van der Waals surface area contributed by atoms with Crippen molar-refractivity contribution in [1.82, 2.24) is 0 Å². The van der Waals surface area contributed by atoms with Crippen molar-refractivity contribution in [3.8, 4) is 0 Å². The summed E-state index contributed by atoms with van der Waals surface area (Å²) in [5.74, 6) is 3.29. The molecular formula is C21H34O. The molecule has 0 spiro atoms. The second kappa shape index (κ2) is 5.10. The van der Waals surface area contributed by atoms with Crippen molar-refractivity contribution < 1.29 is 5.11 Å². The largest absolute Gasteiger partial charge is 0.393 e. The molecular weight excluding hydrogens is 268 g/mol.